The summed E-state index contributed by atoms with van der Waals surface area (Å²) >= 11 is 2.09. The fraction of sp³-hybridized carbons (Fsp3) is 0.333. The molecule has 0 saturated heterocycles. The highest BCUT2D eigenvalue weighted by molar-refractivity contribution is 14.1. The van der Waals surface area contributed by atoms with E-state index in [9.17, 15) is 9.59 Å². The van der Waals surface area contributed by atoms with E-state index < -0.39 is 18.0 Å². The van der Waals surface area contributed by atoms with Crippen molar-refractivity contribution in [3.8, 4) is 22.6 Å². The Labute approximate surface area is 184 Å². The SMILES string of the molecule is COc1ccc(-c2ccc(OCC(CN(C)I)OC(=O)CCC(=O)O)cc2)cc1. The van der Waals surface area contributed by atoms with Crippen LogP contribution in [0.1, 0.15) is 12.8 Å². The van der Waals surface area contributed by atoms with Crippen LogP contribution in [0.2, 0.25) is 0 Å². The highest BCUT2D eigenvalue weighted by Gasteiger charge is 2.18. The van der Waals surface area contributed by atoms with E-state index in [1.807, 2.05) is 58.7 Å². The number of hydrogen-bond donors (Lipinski definition) is 1. The summed E-state index contributed by atoms with van der Waals surface area (Å²) in [6, 6.07) is 15.4. The molecule has 1 N–H and O–H groups in total. The van der Waals surface area contributed by atoms with Crippen LogP contribution >= 0.6 is 22.9 Å². The first-order chi connectivity index (χ1) is 13.9. The van der Waals surface area contributed by atoms with E-state index in [-0.39, 0.29) is 19.4 Å². The minimum Gasteiger partial charge on any atom is -0.497 e. The lowest BCUT2D eigenvalue weighted by atomic mass is 10.1. The third-order valence-electron chi connectivity index (χ3n) is 4.01. The number of methoxy groups -OCH3 is 1. The van der Waals surface area contributed by atoms with Gasteiger partial charge >= 0.3 is 11.9 Å². The Kier molecular flexibility index (Phi) is 9.20. The van der Waals surface area contributed by atoms with E-state index in [0.717, 1.165) is 16.9 Å². The molecule has 0 bridgehead atoms. The summed E-state index contributed by atoms with van der Waals surface area (Å²) in [6.07, 6.45) is -0.911. The molecule has 7 nitrogen and oxygen atoms in total. The van der Waals surface area contributed by atoms with E-state index in [0.29, 0.717) is 12.3 Å². The first-order valence-electron chi connectivity index (χ1n) is 9.03. The van der Waals surface area contributed by atoms with Gasteiger partial charge in [-0.15, -0.1) is 0 Å². The van der Waals surface area contributed by atoms with E-state index in [4.69, 9.17) is 19.3 Å². The minimum absolute atomic E-state index is 0.159. The maximum absolute atomic E-state index is 11.8. The maximum atomic E-state index is 11.8. The van der Waals surface area contributed by atoms with Gasteiger partial charge in [-0.2, -0.15) is 0 Å². The lowest BCUT2D eigenvalue weighted by molar-refractivity contribution is -0.153. The van der Waals surface area contributed by atoms with Crippen LogP contribution in [-0.2, 0) is 14.3 Å². The minimum atomic E-state index is -1.03. The Balaban J connectivity index is 1.93. The number of benzene rings is 2. The smallest absolute Gasteiger partial charge is 0.306 e. The van der Waals surface area contributed by atoms with Crippen LogP contribution in [0.4, 0.5) is 0 Å². The summed E-state index contributed by atoms with van der Waals surface area (Å²) in [7, 11) is 3.48. The molecule has 1 unspecified atom stereocenters. The molecule has 0 aromatic heterocycles. The van der Waals surface area contributed by atoms with Crippen molar-refractivity contribution in [2.75, 3.05) is 27.3 Å². The number of rotatable bonds is 11. The van der Waals surface area contributed by atoms with Crippen molar-refractivity contribution in [2.45, 2.75) is 18.9 Å². The van der Waals surface area contributed by atoms with Crippen LogP contribution in [0.5, 0.6) is 11.5 Å². The topological polar surface area (TPSA) is 85.3 Å². The molecule has 156 valence electrons. The molecule has 2 aromatic rings. The molecule has 0 amide bonds. The fourth-order valence-electron chi connectivity index (χ4n) is 2.57. The van der Waals surface area contributed by atoms with Crippen molar-refractivity contribution in [3.63, 3.8) is 0 Å². The third-order valence-corrected chi connectivity index (χ3v) is 4.40. The number of esters is 1. The first kappa shape index (κ1) is 23.0. The second-order valence-electron chi connectivity index (χ2n) is 6.36. The van der Waals surface area contributed by atoms with Crippen LogP contribution in [-0.4, -0.2) is 53.6 Å². The number of carboxylic acid groups (broad SMARTS) is 1. The van der Waals surface area contributed by atoms with Gasteiger partial charge < -0.3 is 19.3 Å². The van der Waals surface area contributed by atoms with Gasteiger partial charge in [-0.1, -0.05) is 24.3 Å². The van der Waals surface area contributed by atoms with E-state index in [1.54, 1.807) is 7.11 Å². The molecule has 0 aliphatic carbocycles. The van der Waals surface area contributed by atoms with Crippen molar-refractivity contribution < 1.29 is 28.9 Å². The van der Waals surface area contributed by atoms with Crippen LogP contribution in [0.15, 0.2) is 48.5 Å². The highest BCUT2D eigenvalue weighted by atomic mass is 127. The first-order valence-corrected chi connectivity index (χ1v) is 9.99. The molecule has 8 heteroatoms. The molecule has 0 fully saturated rings. The van der Waals surface area contributed by atoms with Crippen LogP contribution in [0, 0.1) is 0 Å². The standard InChI is InChI=1S/C21H24INO6/c1-23(22)13-19(29-21(26)12-11-20(24)25)14-28-18-9-5-16(6-10-18)15-3-7-17(27-2)8-4-15/h3-10,19H,11-14H2,1-2H3,(H,24,25). The van der Waals surface area contributed by atoms with E-state index in [1.165, 1.54) is 0 Å². The molecule has 0 heterocycles. The van der Waals surface area contributed by atoms with Gasteiger partial charge in [0.15, 0.2) is 0 Å². The van der Waals surface area contributed by atoms with Crippen molar-refractivity contribution >= 4 is 34.8 Å². The number of likely N-dealkylation sites (N-methyl/N-ethyl adjacent to an activating group) is 1. The molecule has 0 radical (unpaired) electrons. The number of carboxylic acids is 1. The molecule has 1 atom stereocenters. The van der Waals surface area contributed by atoms with Gasteiger partial charge in [-0.05, 0) is 42.4 Å². The van der Waals surface area contributed by atoms with Gasteiger partial charge in [-0.25, -0.2) is 3.11 Å². The zero-order chi connectivity index (χ0) is 21.2. The molecule has 29 heavy (non-hydrogen) atoms. The average molecular weight is 513 g/mol. The van der Waals surface area contributed by atoms with Crippen molar-refractivity contribution in [2.24, 2.45) is 0 Å². The number of ether oxygens (including phenoxy) is 3. The van der Waals surface area contributed by atoms with Crippen molar-refractivity contribution in [3.05, 3.63) is 48.5 Å². The number of nitrogens with zero attached hydrogens (tertiary/aromatic N) is 1. The largest absolute Gasteiger partial charge is 0.497 e. The lowest BCUT2D eigenvalue weighted by Crippen LogP contribution is -2.33. The lowest BCUT2D eigenvalue weighted by Gasteiger charge is -2.21. The third kappa shape index (κ3) is 8.28. The number of halogens is 1. The monoisotopic (exact) mass is 513 g/mol. The summed E-state index contributed by atoms with van der Waals surface area (Å²) in [5, 5.41) is 8.68. The van der Waals surface area contributed by atoms with Crippen molar-refractivity contribution in [1.82, 2.24) is 3.11 Å². The van der Waals surface area contributed by atoms with Crippen LogP contribution in [0.3, 0.4) is 0 Å². The summed E-state index contributed by atoms with van der Waals surface area (Å²) in [4.78, 5) is 22.4. The Morgan fingerprint density at radius 3 is 2.03 bits per heavy atom. The quantitative estimate of drug-likeness (QED) is 0.278. The molecule has 2 aromatic carbocycles. The predicted octanol–water partition coefficient (Wildman–Crippen LogP) is 3.80. The highest BCUT2D eigenvalue weighted by Crippen LogP contribution is 2.24. The van der Waals surface area contributed by atoms with Crippen LogP contribution < -0.4 is 9.47 Å². The van der Waals surface area contributed by atoms with Gasteiger partial charge in [0.25, 0.3) is 0 Å². The van der Waals surface area contributed by atoms with Gasteiger partial charge in [0.2, 0.25) is 0 Å². The number of carbonyl (C=O) groups is 2. The molecule has 0 saturated carbocycles. The van der Waals surface area contributed by atoms with Gasteiger partial charge in [0.1, 0.15) is 24.2 Å². The zero-order valence-corrected chi connectivity index (χ0v) is 18.5. The average Bonchev–Trinajstić information content (AvgIpc) is 2.70. The molecule has 0 spiro atoms. The Morgan fingerprint density at radius 2 is 1.55 bits per heavy atom. The number of aliphatic carboxylic acids is 1. The van der Waals surface area contributed by atoms with Crippen LogP contribution in [0.25, 0.3) is 11.1 Å². The zero-order valence-electron chi connectivity index (χ0n) is 16.3. The fourth-order valence-corrected chi connectivity index (χ4v) is 3.01. The number of carbonyl (C=O) groups excluding carboxylic acids is 1. The summed E-state index contributed by atoms with van der Waals surface area (Å²) in [5.41, 5.74) is 2.11. The van der Waals surface area contributed by atoms with Gasteiger partial charge in [-0.3, -0.25) is 9.59 Å². The summed E-state index contributed by atoms with van der Waals surface area (Å²) in [5.74, 6) is -0.116. The molecular weight excluding hydrogens is 489 g/mol. The normalized spacial score (nSPS) is 11.7. The predicted molar refractivity (Wildman–Crippen MR) is 117 cm³/mol. The summed E-state index contributed by atoms with van der Waals surface area (Å²) < 4.78 is 18.2. The Morgan fingerprint density at radius 1 is 1.00 bits per heavy atom. The van der Waals surface area contributed by atoms with Gasteiger partial charge in [0.05, 0.1) is 20.0 Å². The molecule has 0 aliphatic heterocycles. The molecular formula is C21H24INO6. The number of hydrogen-bond acceptors (Lipinski definition) is 6. The second-order valence-corrected chi connectivity index (χ2v) is 8.00. The van der Waals surface area contributed by atoms with E-state index >= 15 is 0 Å². The van der Waals surface area contributed by atoms with Crippen molar-refractivity contribution in [1.29, 1.82) is 0 Å². The van der Waals surface area contributed by atoms with E-state index in [2.05, 4.69) is 22.9 Å². The maximum Gasteiger partial charge on any atom is 0.306 e. The molecule has 0 aliphatic rings. The van der Waals surface area contributed by atoms with Gasteiger partial charge in [0, 0.05) is 29.4 Å². The molecule has 2 rings (SSSR count). The summed E-state index contributed by atoms with van der Waals surface area (Å²) in [6.45, 7) is 0.636. The Bertz CT molecular complexity index is 792. The Hall–Kier alpha value is -2.33. The second kappa shape index (κ2) is 11.6.